The van der Waals surface area contributed by atoms with E-state index in [0.29, 0.717) is 5.41 Å². The number of hydrogen-bond donors (Lipinski definition) is 1. The highest BCUT2D eigenvalue weighted by Crippen LogP contribution is 2.40. The van der Waals surface area contributed by atoms with Crippen LogP contribution in [-0.2, 0) is 4.74 Å². The monoisotopic (exact) mass is 296 g/mol. The van der Waals surface area contributed by atoms with Gasteiger partial charge in [0.2, 0.25) is 0 Å². The maximum absolute atomic E-state index is 5.34. The van der Waals surface area contributed by atoms with Crippen molar-refractivity contribution in [1.82, 2.24) is 10.2 Å². The molecule has 3 nitrogen and oxygen atoms in total. The van der Waals surface area contributed by atoms with Gasteiger partial charge < -0.3 is 15.0 Å². The molecule has 2 fully saturated rings. The summed E-state index contributed by atoms with van der Waals surface area (Å²) in [5, 5.41) is 3.72. The minimum atomic E-state index is 0.531. The molecule has 0 amide bonds. The highest BCUT2D eigenvalue weighted by Gasteiger charge is 2.37. The number of hydrogen-bond acceptors (Lipinski definition) is 3. The third kappa shape index (κ3) is 5.22. The molecule has 3 heteroatoms. The number of ether oxygens (including phenoxy) is 1. The van der Waals surface area contributed by atoms with Gasteiger partial charge in [-0.25, -0.2) is 0 Å². The maximum Gasteiger partial charge on any atom is 0.0503 e. The van der Waals surface area contributed by atoms with Gasteiger partial charge in [0.05, 0.1) is 6.61 Å². The fourth-order valence-corrected chi connectivity index (χ4v) is 4.20. The second-order valence-electron chi connectivity index (χ2n) is 7.70. The summed E-state index contributed by atoms with van der Waals surface area (Å²) in [6.07, 6.45) is 8.23. The van der Waals surface area contributed by atoms with Gasteiger partial charge in [0, 0.05) is 26.7 Å². The Kier molecular flexibility index (Phi) is 6.97. The van der Waals surface area contributed by atoms with Crippen molar-refractivity contribution in [3.8, 4) is 0 Å². The van der Waals surface area contributed by atoms with Crippen LogP contribution in [0.2, 0.25) is 0 Å². The molecule has 1 heterocycles. The number of methoxy groups -OCH3 is 1. The van der Waals surface area contributed by atoms with Crippen LogP contribution < -0.4 is 5.32 Å². The summed E-state index contributed by atoms with van der Waals surface area (Å²) in [4.78, 5) is 2.72. The second kappa shape index (κ2) is 8.50. The third-order valence-corrected chi connectivity index (χ3v) is 5.59. The smallest absolute Gasteiger partial charge is 0.0503 e. The molecule has 0 aromatic carbocycles. The van der Waals surface area contributed by atoms with E-state index in [1.165, 1.54) is 71.2 Å². The lowest BCUT2D eigenvalue weighted by molar-refractivity contribution is 0.0915. The Morgan fingerprint density at radius 1 is 1.24 bits per heavy atom. The molecule has 0 spiro atoms. The van der Waals surface area contributed by atoms with Crippen LogP contribution in [0.25, 0.3) is 0 Å². The van der Waals surface area contributed by atoms with Gasteiger partial charge >= 0.3 is 0 Å². The van der Waals surface area contributed by atoms with Crippen molar-refractivity contribution in [2.24, 2.45) is 17.3 Å². The summed E-state index contributed by atoms with van der Waals surface area (Å²) in [6, 6.07) is 0. The molecule has 1 saturated heterocycles. The average molecular weight is 296 g/mol. The van der Waals surface area contributed by atoms with E-state index in [4.69, 9.17) is 4.74 Å². The van der Waals surface area contributed by atoms with Crippen molar-refractivity contribution in [3.63, 3.8) is 0 Å². The molecule has 0 aromatic rings. The fraction of sp³-hybridized carbons (Fsp3) is 1.00. The van der Waals surface area contributed by atoms with E-state index in [-0.39, 0.29) is 0 Å². The largest absolute Gasteiger partial charge is 0.384 e. The van der Waals surface area contributed by atoms with Crippen molar-refractivity contribution >= 4 is 0 Å². The van der Waals surface area contributed by atoms with E-state index in [1.54, 1.807) is 0 Å². The molecule has 1 saturated carbocycles. The zero-order valence-electron chi connectivity index (χ0n) is 14.5. The molecule has 0 radical (unpaired) electrons. The zero-order chi connectivity index (χ0) is 15.1. The molecule has 1 aliphatic heterocycles. The Labute approximate surface area is 131 Å². The van der Waals surface area contributed by atoms with Gasteiger partial charge in [-0.1, -0.05) is 26.7 Å². The van der Waals surface area contributed by atoms with Crippen molar-refractivity contribution in [3.05, 3.63) is 0 Å². The topological polar surface area (TPSA) is 24.5 Å². The zero-order valence-corrected chi connectivity index (χ0v) is 14.5. The van der Waals surface area contributed by atoms with Crippen LogP contribution in [-0.4, -0.2) is 51.3 Å². The standard InChI is InChI=1S/C18H36N2O/c1-4-10-19-14-18(8-5-16(2)6-9-18)15-20-11-7-17(12-20)13-21-3/h16-17,19H,4-15H2,1-3H3. The molecule has 124 valence electrons. The summed E-state index contributed by atoms with van der Waals surface area (Å²) < 4.78 is 5.34. The summed E-state index contributed by atoms with van der Waals surface area (Å²) in [5.74, 6) is 1.70. The van der Waals surface area contributed by atoms with Crippen LogP contribution in [0, 0.1) is 17.3 Å². The lowest BCUT2D eigenvalue weighted by Crippen LogP contribution is -2.46. The van der Waals surface area contributed by atoms with Gasteiger partial charge in [0.25, 0.3) is 0 Å². The van der Waals surface area contributed by atoms with E-state index in [1.807, 2.05) is 7.11 Å². The minimum Gasteiger partial charge on any atom is -0.384 e. The molecule has 1 atom stereocenters. The number of likely N-dealkylation sites (tertiary alicyclic amines) is 1. The lowest BCUT2D eigenvalue weighted by Gasteiger charge is -2.42. The quantitative estimate of drug-likeness (QED) is 0.696. The first-order valence-electron chi connectivity index (χ1n) is 9.09. The van der Waals surface area contributed by atoms with Crippen molar-refractivity contribution in [1.29, 1.82) is 0 Å². The summed E-state index contributed by atoms with van der Waals surface area (Å²) in [5.41, 5.74) is 0.531. The fourth-order valence-electron chi connectivity index (χ4n) is 4.20. The van der Waals surface area contributed by atoms with Crippen molar-refractivity contribution in [2.75, 3.05) is 46.4 Å². The predicted molar refractivity (Wildman–Crippen MR) is 89.6 cm³/mol. The van der Waals surface area contributed by atoms with Crippen LogP contribution in [0.5, 0.6) is 0 Å². The molecular weight excluding hydrogens is 260 g/mol. The molecule has 21 heavy (non-hydrogen) atoms. The minimum absolute atomic E-state index is 0.531. The Hall–Kier alpha value is -0.120. The first-order chi connectivity index (χ1) is 10.2. The van der Waals surface area contributed by atoms with E-state index >= 15 is 0 Å². The van der Waals surface area contributed by atoms with E-state index < -0.39 is 0 Å². The van der Waals surface area contributed by atoms with Gasteiger partial charge in [-0.3, -0.25) is 0 Å². The molecule has 1 aliphatic carbocycles. The highest BCUT2D eigenvalue weighted by molar-refractivity contribution is 4.91. The van der Waals surface area contributed by atoms with Crippen LogP contribution in [0.4, 0.5) is 0 Å². The first-order valence-corrected chi connectivity index (χ1v) is 9.09. The van der Waals surface area contributed by atoms with Crippen LogP contribution in [0.1, 0.15) is 52.4 Å². The van der Waals surface area contributed by atoms with Crippen LogP contribution >= 0.6 is 0 Å². The SMILES string of the molecule is CCCNCC1(CN2CCC(COC)C2)CCC(C)CC1. The van der Waals surface area contributed by atoms with Gasteiger partial charge in [-0.15, -0.1) is 0 Å². The second-order valence-corrected chi connectivity index (χ2v) is 7.70. The molecule has 2 rings (SSSR count). The Balaban J connectivity index is 1.86. The van der Waals surface area contributed by atoms with E-state index in [9.17, 15) is 0 Å². The number of rotatable bonds is 8. The molecule has 1 N–H and O–H groups in total. The Morgan fingerprint density at radius 3 is 2.67 bits per heavy atom. The third-order valence-electron chi connectivity index (χ3n) is 5.59. The molecule has 0 bridgehead atoms. The van der Waals surface area contributed by atoms with E-state index in [2.05, 4.69) is 24.1 Å². The molecular formula is C18H36N2O. The van der Waals surface area contributed by atoms with Crippen LogP contribution in [0.3, 0.4) is 0 Å². The number of nitrogens with one attached hydrogen (secondary N) is 1. The Morgan fingerprint density at radius 2 is 2.00 bits per heavy atom. The molecule has 2 aliphatic rings. The van der Waals surface area contributed by atoms with Gasteiger partial charge in [0.1, 0.15) is 0 Å². The summed E-state index contributed by atoms with van der Waals surface area (Å²) >= 11 is 0. The van der Waals surface area contributed by atoms with Gasteiger partial charge in [-0.05, 0) is 56.0 Å². The van der Waals surface area contributed by atoms with Crippen molar-refractivity contribution < 1.29 is 4.74 Å². The summed E-state index contributed by atoms with van der Waals surface area (Å²) in [7, 11) is 1.83. The number of nitrogens with zero attached hydrogens (tertiary/aromatic N) is 1. The average Bonchev–Trinajstić information content (AvgIpc) is 2.90. The highest BCUT2D eigenvalue weighted by atomic mass is 16.5. The summed E-state index contributed by atoms with van der Waals surface area (Å²) in [6.45, 7) is 11.8. The maximum atomic E-state index is 5.34. The normalized spacial score (nSPS) is 34.4. The molecule has 1 unspecified atom stereocenters. The predicted octanol–water partition coefficient (Wildman–Crippen LogP) is 3.15. The van der Waals surface area contributed by atoms with Gasteiger partial charge in [0.15, 0.2) is 0 Å². The Bertz CT molecular complexity index is 287. The van der Waals surface area contributed by atoms with Crippen molar-refractivity contribution in [2.45, 2.75) is 52.4 Å². The lowest BCUT2D eigenvalue weighted by atomic mass is 9.70. The van der Waals surface area contributed by atoms with E-state index in [0.717, 1.165) is 18.4 Å². The van der Waals surface area contributed by atoms with Gasteiger partial charge in [-0.2, -0.15) is 0 Å². The van der Waals surface area contributed by atoms with Crippen LogP contribution in [0.15, 0.2) is 0 Å². The molecule has 0 aromatic heterocycles. The first kappa shape index (κ1) is 17.2.